The third-order valence-electron chi connectivity index (χ3n) is 7.31. The number of hydrogen-bond donors (Lipinski definition) is 2. The number of nitrogens with two attached hydrogens (primary N) is 1. The Bertz CT molecular complexity index is 1570. The van der Waals surface area contributed by atoms with Crippen molar-refractivity contribution >= 4 is 17.5 Å². The summed E-state index contributed by atoms with van der Waals surface area (Å²) in [7, 11) is 0. The Kier molecular flexibility index (Phi) is 7.56. The van der Waals surface area contributed by atoms with Gasteiger partial charge < -0.3 is 30.2 Å². The minimum Gasteiger partial charge on any atom is -0.447 e. The van der Waals surface area contributed by atoms with E-state index < -0.39 is 23.6 Å². The molecule has 2 aliphatic rings. The van der Waals surface area contributed by atoms with Crippen molar-refractivity contribution in [3.05, 3.63) is 109 Å². The number of nitrogens with one attached hydrogen (secondary N) is 1. The number of carbonyl (C=O) groups is 2. The lowest BCUT2D eigenvalue weighted by molar-refractivity contribution is -0.182. The largest absolute Gasteiger partial charge is 0.447 e. The fourth-order valence-corrected chi connectivity index (χ4v) is 5.12. The molecule has 1 fully saturated rings. The first-order chi connectivity index (χ1) is 20.5. The molecule has 0 aliphatic carbocycles. The van der Waals surface area contributed by atoms with Crippen LogP contribution in [0.3, 0.4) is 0 Å². The Balaban J connectivity index is 1.25. The molecule has 6 rings (SSSR count). The van der Waals surface area contributed by atoms with E-state index in [1.807, 2.05) is 48.5 Å². The number of benzene rings is 2. The number of nitrogens with zero attached hydrogens (tertiary/aromatic N) is 4. The standard InChI is InChI=1S/C31H30N6O5/c32-30(39)31(41-19-20-42-31)27(21-22-5-2-1-3-6-22)34-29(38)25-7-4-13-33-28(25)37-14-12-26(35-37)23-8-10-24(11-9-23)36-15-17-40-18-16-36/h1-14,19-20,27H,15-18,21H2,(H2,32,39)(H,34,38). The van der Waals surface area contributed by atoms with Gasteiger partial charge in [-0.1, -0.05) is 42.5 Å². The van der Waals surface area contributed by atoms with E-state index in [-0.39, 0.29) is 12.0 Å². The summed E-state index contributed by atoms with van der Waals surface area (Å²) in [6.07, 6.45) is 6.04. The Morgan fingerprint density at radius 2 is 1.69 bits per heavy atom. The number of anilines is 1. The summed E-state index contributed by atoms with van der Waals surface area (Å²) >= 11 is 0. The van der Waals surface area contributed by atoms with Crippen molar-refractivity contribution in [3.63, 3.8) is 0 Å². The molecule has 4 heterocycles. The average molecular weight is 567 g/mol. The van der Waals surface area contributed by atoms with Gasteiger partial charge in [-0.2, -0.15) is 5.10 Å². The molecule has 42 heavy (non-hydrogen) atoms. The highest BCUT2D eigenvalue weighted by Crippen LogP contribution is 2.28. The maximum absolute atomic E-state index is 13.7. The molecule has 1 unspecified atom stereocenters. The number of aromatic nitrogens is 3. The monoisotopic (exact) mass is 566 g/mol. The number of pyridine rings is 1. The van der Waals surface area contributed by atoms with Crippen LogP contribution in [0.4, 0.5) is 5.69 Å². The highest BCUT2D eigenvalue weighted by atomic mass is 16.7. The minimum absolute atomic E-state index is 0.221. The van der Waals surface area contributed by atoms with E-state index in [0.29, 0.717) is 5.82 Å². The van der Waals surface area contributed by atoms with Crippen LogP contribution in [0.2, 0.25) is 0 Å². The predicted molar refractivity (Wildman–Crippen MR) is 154 cm³/mol. The van der Waals surface area contributed by atoms with Crippen LogP contribution in [0, 0.1) is 0 Å². The zero-order valence-corrected chi connectivity index (χ0v) is 22.8. The normalized spacial score (nSPS) is 16.3. The van der Waals surface area contributed by atoms with E-state index in [4.69, 9.17) is 25.0 Å². The highest BCUT2D eigenvalue weighted by molar-refractivity contribution is 5.98. The van der Waals surface area contributed by atoms with Crippen molar-refractivity contribution in [2.24, 2.45) is 5.73 Å². The number of primary amides is 1. The van der Waals surface area contributed by atoms with Crippen molar-refractivity contribution in [2.75, 3.05) is 31.2 Å². The van der Waals surface area contributed by atoms with Crippen LogP contribution in [-0.4, -0.2) is 64.7 Å². The molecular formula is C31H30N6O5. The number of hydrogen-bond acceptors (Lipinski definition) is 8. The third kappa shape index (κ3) is 5.41. The number of carbonyl (C=O) groups excluding carboxylic acids is 2. The first-order valence-electron chi connectivity index (χ1n) is 13.6. The molecule has 11 heteroatoms. The van der Waals surface area contributed by atoms with E-state index in [1.54, 1.807) is 29.2 Å². The summed E-state index contributed by atoms with van der Waals surface area (Å²) in [5, 5.41) is 7.62. The van der Waals surface area contributed by atoms with Crippen molar-refractivity contribution in [3.8, 4) is 17.1 Å². The van der Waals surface area contributed by atoms with Crippen LogP contribution in [-0.2, 0) is 25.4 Å². The lowest BCUT2D eigenvalue weighted by Gasteiger charge is -2.33. The highest BCUT2D eigenvalue weighted by Gasteiger charge is 2.51. The number of amides is 2. The van der Waals surface area contributed by atoms with Gasteiger partial charge in [-0.05, 0) is 35.9 Å². The Morgan fingerprint density at radius 3 is 2.40 bits per heavy atom. The van der Waals surface area contributed by atoms with E-state index in [0.717, 1.165) is 48.8 Å². The van der Waals surface area contributed by atoms with Gasteiger partial charge in [-0.25, -0.2) is 9.67 Å². The Morgan fingerprint density at radius 1 is 0.952 bits per heavy atom. The zero-order chi connectivity index (χ0) is 28.9. The number of morpholine rings is 1. The zero-order valence-electron chi connectivity index (χ0n) is 22.8. The second-order valence-corrected chi connectivity index (χ2v) is 9.92. The molecule has 11 nitrogen and oxygen atoms in total. The van der Waals surface area contributed by atoms with Crippen molar-refractivity contribution < 1.29 is 23.8 Å². The Hall–Kier alpha value is -5.16. The quantitative estimate of drug-likeness (QED) is 0.316. The lowest BCUT2D eigenvalue weighted by Crippen LogP contribution is -2.61. The first kappa shape index (κ1) is 27.0. The minimum atomic E-state index is -1.90. The molecule has 214 valence electrons. The second kappa shape index (κ2) is 11.8. The lowest BCUT2D eigenvalue weighted by atomic mass is 9.97. The van der Waals surface area contributed by atoms with Crippen molar-refractivity contribution in [1.29, 1.82) is 0 Å². The second-order valence-electron chi connectivity index (χ2n) is 9.92. The maximum Gasteiger partial charge on any atom is 0.352 e. The van der Waals surface area contributed by atoms with Crippen LogP contribution in [0.5, 0.6) is 0 Å². The van der Waals surface area contributed by atoms with Gasteiger partial charge in [0.25, 0.3) is 5.91 Å². The fraction of sp³-hybridized carbons (Fsp3) is 0.226. The van der Waals surface area contributed by atoms with Crippen LogP contribution in [0.1, 0.15) is 15.9 Å². The van der Waals surface area contributed by atoms with E-state index >= 15 is 0 Å². The summed E-state index contributed by atoms with van der Waals surface area (Å²) in [6, 6.07) is 21.8. The molecule has 2 aliphatic heterocycles. The maximum atomic E-state index is 13.7. The van der Waals surface area contributed by atoms with Gasteiger partial charge in [0.2, 0.25) is 0 Å². The Labute approximate surface area is 242 Å². The van der Waals surface area contributed by atoms with E-state index in [2.05, 4.69) is 27.3 Å². The summed E-state index contributed by atoms with van der Waals surface area (Å²) in [6.45, 7) is 3.17. The summed E-state index contributed by atoms with van der Waals surface area (Å²) < 4.78 is 18.1. The van der Waals surface area contributed by atoms with Crippen molar-refractivity contribution in [1.82, 2.24) is 20.1 Å². The predicted octanol–water partition coefficient (Wildman–Crippen LogP) is 2.81. The molecule has 2 aromatic heterocycles. The van der Waals surface area contributed by atoms with Crippen LogP contribution < -0.4 is 16.0 Å². The number of rotatable bonds is 9. The molecule has 0 bridgehead atoms. The average Bonchev–Trinajstić information content (AvgIpc) is 3.74. The molecule has 2 aromatic carbocycles. The number of ether oxygens (including phenoxy) is 3. The summed E-state index contributed by atoms with van der Waals surface area (Å²) in [5.41, 5.74) is 9.61. The molecule has 2 amide bonds. The van der Waals surface area contributed by atoms with Gasteiger partial charge in [0.15, 0.2) is 5.82 Å². The van der Waals surface area contributed by atoms with Crippen LogP contribution >= 0.6 is 0 Å². The van der Waals surface area contributed by atoms with Crippen molar-refractivity contribution in [2.45, 2.75) is 18.2 Å². The smallest absolute Gasteiger partial charge is 0.352 e. The molecule has 1 saturated heterocycles. The van der Waals surface area contributed by atoms with Gasteiger partial charge in [-0.15, -0.1) is 0 Å². The van der Waals surface area contributed by atoms with Gasteiger partial charge in [0.1, 0.15) is 18.6 Å². The fourth-order valence-electron chi connectivity index (χ4n) is 5.12. The van der Waals surface area contributed by atoms with E-state index in [9.17, 15) is 9.59 Å². The van der Waals surface area contributed by atoms with Gasteiger partial charge in [-0.3, -0.25) is 9.59 Å². The van der Waals surface area contributed by atoms with Gasteiger partial charge >= 0.3 is 11.7 Å². The van der Waals surface area contributed by atoms with Crippen LogP contribution in [0.25, 0.3) is 17.1 Å². The summed E-state index contributed by atoms with van der Waals surface area (Å²) in [5.74, 6) is -2.94. The molecule has 0 saturated carbocycles. The van der Waals surface area contributed by atoms with Gasteiger partial charge in [0.05, 0.1) is 24.5 Å². The summed E-state index contributed by atoms with van der Waals surface area (Å²) in [4.78, 5) is 33.0. The van der Waals surface area contributed by atoms with Crippen LogP contribution in [0.15, 0.2) is 97.7 Å². The van der Waals surface area contributed by atoms with E-state index in [1.165, 1.54) is 12.5 Å². The molecule has 1 atom stereocenters. The van der Waals surface area contributed by atoms with Gasteiger partial charge in [0, 0.05) is 43.2 Å². The molecule has 0 spiro atoms. The molecule has 3 N–H and O–H groups in total. The molecule has 4 aromatic rings. The molecular weight excluding hydrogens is 536 g/mol. The topological polar surface area (TPSA) is 134 Å². The SMILES string of the molecule is NC(=O)C1(C(Cc2ccccc2)NC(=O)c2cccnc2-n2ccc(-c3ccc(N4CCOCC4)cc3)n2)OC=CO1. The molecule has 0 radical (unpaired) electrons. The third-order valence-corrected chi connectivity index (χ3v) is 7.31. The first-order valence-corrected chi connectivity index (χ1v) is 13.6.